The highest BCUT2D eigenvalue weighted by molar-refractivity contribution is 7.10. The fourth-order valence-electron chi connectivity index (χ4n) is 5.51. The fourth-order valence-corrected chi connectivity index (χ4v) is 6.41. The summed E-state index contributed by atoms with van der Waals surface area (Å²) >= 11 is 1.74. The van der Waals surface area contributed by atoms with Crippen molar-refractivity contribution in [2.75, 3.05) is 39.3 Å². The lowest BCUT2D eigenvalue weighted by Crippen LogP contribution is -2.45. The largest absolute Gasteiger partial charge is 0.341 e. The standard InChI is InChI=1S/C29H40FN3O2S/c1-2-3-4-5-6-7-12-27(34)31-15-9-16-32(19-18-31)28(35)22-33-17-13-26-25(14-20-36-26)29(33)23-10-8-11-24(30)21-23/h8,10-11,14,20-21,29H,2-7,9,12-13,15-19,22H2,1H3/t29-/m1/s1. The molecule has 0 saturated carbocycles. The average Bonchev–Trinajstić information content (AvgIpc) is 3.21. The van der Waals surface area contributed by atoms with Gasteiger partial charge in [-0.05, 0) is 54.0 Å². The topological polar surface area (TPSA) is 43.9 Å². The second-order valence-corrected chi connectivity index (χ2v) is 11.1. The van der Waals surface area contributed by atoms with Gasteiger partial charge in [-0.3, -0.25) is 14.5 Å². The predicted octanol–water partition coefficient (Wildman–Crippen LogP) is 5.65. The van der Waals surface area contributed by atoms with Gasteiger partial charge >= 0.3 is 0 Å². The molecule has 2 aromatic rings. The molecule has 2 aliphatic rings. The zero-order chi connectivity index (χ0) is 25.3. The Kier molecular flexibility index (Phi) is 9.93. The number of hydrogen-bond acceptors (Lipinski definition) is 4. The van der Waals surface area contributed by atoms with E-state index in [9.17, 15) is 14.0 Å². The first-order valence-electron chi connectivity index (χ1n) is 13.7. The van der Waals surface area contributed by atoms with E-state index in [1.165, 1.54) is 42.2 Å². The zero-order valence-electron chi connectivity index (χ0n) is 21.6. The Morgan fingerprint density at radius 2 is 1.69 bits per heavy atom. The maximum absolute atomic E-state index is 14.1. The molecule has 1 atom stereocenters. The summed E-state index contributed by atoms with van der Waals surface area (Å²) in [6, 6.07) is 8.77. The van der Waals surface area contributed by atoms with Gasteiger partial charge in [-0.1, -0.05) is 51.2 Å². The number of rotatable bonds is 10. The summed E-state index contributed by atoms with van der Waals surface area (Å²) in [5.74, 6) is 0.0756. The minimum absolute atomic E-state index is 0.0975. The number of hydrogen-bond donors (Lipinski definition) is 0. The van der Waals surface area contributed by atoms with Crippen molar-refractivity contribution >= 4 is 23.2 Å². The Hall–Kier alpha value is -2.25. The summed E-state index contributed by atoms with van der Waals surface area (Å²) in [5.41, 5.74) is 2.08. The lowest BCUT2D eigenvalue weighted by molar-refractivity contribution is -0.134. The number of thiophene rings is 1. The Morgan fingerprint density at radius 1 is 0.944 bits per heavy atom. The van der Waals surface area contributed by atoms with Gasteiger partial charge in [0.15, 0.2) is 0 Å². The highest BCUT2D eigenvalue weighted by Crippen LogP contribution is 2.37. The lowest BCUT2D eigenvalue weighted by atomic mass is 9.93. The smallest absolute Gasteiger partial charge is 0.236 e. The Labute approximate surface area is 219 Å². The van der Waals surface area contributed by atoms with E-state index in [1.54, 1.807) is 23.5 Å². The maximum atomic E-state index is 14.1. The van der Waals surface area contributed by atoms with Gasteiger partial charge in [0.2, 0.25) is 11.8 Å². The molecule has 4 rings (SSSR count). The van der Waals surface area contributed by atoms with E-state index < -0.39 is 0 Å². The van der Waals surface area contributed by atoms with Crippen molar-refractivity contribution in [3.63, 3.8) is 0 Å². The average molecular weight is 514 g/mol. The molecule has 0 spiro atoms. The molecular weight excluding hydrogens is 473 g/mol. The molecule has 1 saturated heterocycles. The van der Waals surface area contributed by atoms with Gasteiger partial charge in [-0.15, -0.1) is 11.3 Å². The van der Waals surface area contributed by atoms with E-state index in [-0.39, 0.29) is 23.7 Å². The van der Waals surface area contributed by atoms with Crippen LogP contribution in [0.25, 0.3) is 0 Å². The van der Waals surface area contributed by atoms with Crippen LogP contribution in [0.1, 0.15) is 80.3 Å². The molecule has 0 unspecified atom stereocenters. The van der Waals surface area contributed by atoms with Crippen molar-refractivity contribution in [1.29, 1.82) is 0 Å². The van der Waals surface area contributed by atoms with Gasteiger partial charge in [0.25, 0.3) is 0 Å². The van der Waals surface area contributed by atoms with E-state index in [0.717, 1.165) is 44.3 Å². The van der Waals surface area contributed by atoms with E-state index in [0.29, 0.717) is 32.6 Å². The van der Waals surface area contributed by atoms with E-state index in [4.69, 9.17) is 0 Å². The van der Waals surface area contributed by atoms with Gasteiger partial charge in [0.05, 0.1) is 12.6 Å². The van der Waals surface area contributed by atoms with Crippen LogP contribution in [0.5, 0.6) is 0 Å². The fraction of sp³-hybridized carbons (Fsp3) is 0.586. The summed E-state index contributed by atoms with van der Waals surface area (Å²) in [5, 5.41) is 2.09. The molecule has 0 N–H and O–H groups in total. The monoisotopic (exact) mass is 513 g/mol. The summed E-state index contributed by atoms with van der Waals surface area (Å²) in [6.07, 6.45) is 9.41. The molecule has 3 heterocycles. The van der Waals surface area contributed by atoms with Crippen LogP contribution in [-0.4, -0.2) is 65.8 Å². The van der Waals surface area contributed by atoms with Gasteiger partial charge in [-0.25, -0.2) is 4.39 Å². The molecule has 7 heteroatoms. The lowest BCUT2D eigenvalue weighted by Gasteiger charge is -2.37. The molecule has 36 heavy (non-hydrogen) atoms. The van der Waals surface area contributed by atoms with Crippen LogP contribution in [0.4, 0.5) is 4.39 Å². The second kappa shape index (κ2) is 13.3. The van der Waals surface area contributed by atoms with Crippen LogP contribution in [-0.2, 0) is 16.0 Å². The number of halogens is 1. The van der Waals surface area contributed by atoms with Crippen LogP contribution < -0.4 is 0 Å². The third kappa shape index (κ3) is 6.94. The summed E-state index contributed by atoms with van der Waals surface area (Å²) in [6.45, 7) is 5.91. The van der Waals surface area contributed by atoms with Gasteiger partial charge < -0.3 is 9.80 Å². The third-order valence-corrected chi connectivity index (χ3v) is 8.51. The molecular formula is C29H40FN3O2S. The molecule has 1 fully saturated rings. The van der Waals surface area contributed by atoms with Crippen molar-refractivity contribution in [2.24, 2.45) is 0 Å². The van der Waals surface area contributed by atoms with E-state index in [2.05, 4.69) is 23.3 Å². The van der Waals surface area contributed by atoms with Crippen molar-refractivity contribution in [2.45, 2.75) is 70.8 Å². The first-order chi connectivity index (χ1) is 17.6. The summed E-state index contributed by atoms with van der Waals surface area (Å²) in [4.78, 5) is 33.5. The molecule has 0 aliphatic carbocycles. The Balaban J connectivity index is 1.32. The molecule has 196 valence electrons. The minimum atomic E-state index is -0.251. The third-order valence-electron chi connectivity index (χ3n) is 7.51. The normalized spacial score (nSPS) is 18.7. The molecule has 0 radical (unpaired) electrons. The van der Waals surface area contributed by atoms with Gasteiger partial charge in [0, 0.05) is 44.0 Å². The van der Waals surface area contributed by atoms with Gasteiger partial charge in [-0.2, -0.15) is 0 Å². The first kappa shape index (κ1) is 26.8. The molecule has 2 amide bonds. The minimum Gasteiger partial charge on any atom is -0.341 e. The number of benzene rings is 1. The van der Waals surface area contributed by atoms with E-state index >= 15 is 0 Å². The predicted molar refractivity (Wildman–Crippen MR) is 144 cm³/mol. The number of unbranched alkanes of at least 4 members (excludes halogenated alkanes) is 5. The van der Waals surface area contributed by atoms with Gasteiger partial charge in [0.1, 0.15) is 5.82 Å². The van der Waals surface area contributed by atoms with Crippen LogP contribution in [0, 0.1) is 5.82 Å². The Bertz CT molecular complexity index is 1010. The molecule has 5 nitrogen and oxygen atoms in total. The molecule has 2 aliphatic heterocycles. The molecule has 0 bridgehead atoms. The number of carbonyl (C=O) groups excluding carboxylic acids is 2. The van der Waals surface area contributed by atoms with Crippen LogP contribution in [0.3, 0.4) is 0 Å². The number of amides is 2. The van der Waals surface area contributed by atoms with Crippen LogP contribution in [0.2, 0.25) is 0 Å². The van der Waals surface area contributed by atoms with E-state index in [1.807, 2.05) is 15.9 Å². The van der Waals surface area contributed by atoms with Crippen LogP contribution >= 0.6 is 11.3 Å². The van der Waals surface area contributed by atoms with Crippen molar-refractivity contribution < 1.29 is 14.0 Å². The number of carbonyl (C=O) groups is 2. The summed E-state index contributed by atoms with van der Waals surface area (Å²) < 4.78 is 14.1. The number of fused-ring (bicyclic) bond motifs is 1. The van der Waals surface area contributed by atoms with Crippen LogP contribution in [0.15, 0.2) is 35.7 Å². The first-order valence-corrected chi connectivity index (χ1v) is 14.6. The van der Waals surface area contributed by atoms with Crippen molar-refractivity contribution in [1.82, 2.24) is 14.7 Å². The van der Waals surface area contributed by atoms with Crippen molar-refractivity contribution in [3.8, 4) is 0 Å². The Morgan fingerprint density at radius 3 is 2.47 bits per heavy atom. The SMILES string of the molecule is CCCCCCCCC(=O)N1CCCN(C(=O)CN2CCc3sccc3[C@H]2c2cccc(F)c2)CC1. The zero-order valence-corrected chi connectivity index (χ0v) is 22.4. The van der Waals surface area contributed by atoms with Crippen molar-refractivity contribution in [3.05, 3.63) is 57.5 Å². The molecule has 1 aromatic carbocycles. The second-order valence-electron chi connectivity index (χ2n) is 10.1. The number of nitrogens with zero attached hydrogens (tertiary/aromatic N) is 3. The quantitative estimate of drug-likeness (QED) is 0.386. The maximum Gasteiger partial charge on any atom is 0.236 e. The highest BCUT2D eigenvalue weighted by Gasteiger charge is 2.32. The highest BCUT2D eigenvalue weighted by atomic mass is 32.1. The summed E-state index contributed by atoms with van der Waals surface area (Å²) in [7, 11) is 0. The molecule has 1 aromatic heterocycles.